The first-order valence-corrected chi connectivity index (χ1v) is 13.2. The molecule has 0 bridgehead atoms. The first-order chi connectivity index (χ1) is 16.7. The molecule has 0 spiro atoms. The van der Waals surface area contributed by atoms with Gasteiger partial charge in [0.05, 0.1) is 31.7 Å². The van der Waals surface area contributed by atoms with E-state index in [0.29, 0.717) is 12.3 Å². The largest absolute Gasteiger partial charge is 0.497 e. The van der Waals surface area contributed by atoms with Gasteiger partial charge in [0, 0.05) is 25.1 Å². The van der Waals surface area contributed by atoms with Gasteiger partial charge in [-0.3, -0.25) is 4.79 Å². The molecule has 3 rings (SSSR count). The smallest absolute Gasteiger partial charge is 0.243 e. The maximum absolute atomic E-state index is 13.5. The molecule has 0 aliphatic rings. The van der Waals surface area contributed by atoms with Crippen LogP contribution < -0.4 is 4.74 Å². The van der Waals surface area contributed by atoms with Crippen LogP contribution in [0.2, 0.25) is 0 Å². The number of hydrogen-bond acceptors (Lipinski definition) is 6. The van der Waals surface area contributed by atoms with Crippen LogP contribution in [0.25, 0.3) is 0 Å². The molecule has 0 aliphatic carbocycles. The predicted molar refractivity (Wildman–Crippen MR) is 133 cm³/mol. The van der Waals surface area contributed by atoms with Gasteiger partial charge in [0.25, 0.3) is 0 Å². The Morgan fingerprint density at radius 2 is 1.69 bits per heavy atom. The van der Waals surface area contributed by atoms with Gasteiger partial charge < -0.3 is 14.4 Å². The zero-order valence-corrected chi connectivity index (χ0v) is 21.6. The average molecular weight is 521 g/mol. The minimum atomic E-state index is -3.97. The maximum atomic E-state index is 13.5. The fourth-order valence-corrected chi connectivity index (χ4v) is 5.70. The predicted octanol–water partition coefficient (Wildman–Crippen LogP) is 4.07. The molecule has 0 radical (unpaired) electrons. The van der Waals surface area contributed by atoms with Crippen molar-refractivity contribution in [2.24, 2.45) is 0 Å². The van der Waals surface area contributed by atoms with Gasteiger partial charge in [-0.15, -0.1) is 11.3 Å². The lowest BCUT2D eigenvalue weighted by Gasteiger charge is -2.27. The van der Waals surface area contributed by atoms with Crippen LogP contribution in [-0.4, -0.2) is 57.4 Å². The summed E-state index contributed by atoms with van der Waals surface area (Å²) in [5.41, 5.74) is 1.80. The van der Waals surface area contributed by atoms with E-state index in [-0.39, 0.29) is 42.9 Å². The minimum absolute atomic E-state index is 0.0129. The summed E-state index contributed by atoms with van der Waals surface area (Å²) in [4.78, 5) is 16.1. The molecule has 0 N–H and O–H groups in total. The number of thiophene rings is 1. The Labute approximate surface area is 209 Å². The Kier molecular flexibility index (Phi) is 9.39. The van der Waals surface area contributed by atoms with E-state index >= 15 is 0 Å². The maximum Gasteiger partial charge on any atom is 0.243 e. The summed E-state index contributed by atoms with van der Waals surface area (Å²) < 4.78 is 51.5. The number of amides is 1. The van der Waals surface area contributed by atoms with Gasteiger partial charge in [0.2, 0.25) is 15.9 Å². The number of nitrogens with zero attached hydrogens (tertiary/aromatic N) is 2. The van der Waals surface area contributed by atoms with Crippen LogP contribution in [0, 0.1) is 12.7 Å². The number of carbonyl (C=O) groups is 1. The summed E-state index contributed by atoms with van der Waals surface area (Å²) in [6, 6.07) is 13.9. The number of sulfonamides is 1. The lowest BCUT2D eigenvalue weighted by Crippen LogP contribution is -2.43. The molecule has 1 aromatic heterocycles. The van der Waals surface area contributed by atoms with Gasteiger partial charge in [-0.2, -0.15) is 4.31 Å². The van der Waals surface area contributed by atoms with Gasteiger partial charge in [0.1, 0.15) is 11.6 Å². The monoisotopic (exact) mass is 520 g/mol. The van der Waals surface area contributed by atoms with Crippen LogP contribution >= 0.6 is 11.3 Å². The van der Waals surface area contributed by atoms with Crippen LogP contribution in [0.1, 0.15) is 16.0 Å². The van der Waals surface area contributed by atoms with Crippen molar-refractivity contribution in [1.82, 2.24) is 9.21 Å². The van der Waals surface area contributed by atoms with Crippen LogP contribution in [0.5, 0.6) is 5.75 Å². The van der Waals surface area contributed by atoms with Gasteiger partial charge >= 0.3 is 0 Å². The van der Waals surface area contributed by atoms with Crippen LogP contribution in [0.15, 0.2) is 64.9 Å². The van der Waals surface area contributed by atoms with Gasteiger partial charge in [-0.1, -0.05) is 12.1 Å². The average Bonchev–Trinajstić information content (AvgIpc) is 3.26. The van der Waals surface area contributed by atoms with Gasteiger partial charge in [-0.25, -0.2) is 12.8 Å². The zero-order chi connectivity index (χ0) is 25.4. The van der Waals surface area contributed by atoms with E-state index in [1.807, 2.05) is 18.4 Å². The highest BCUT2D eigenvalue weighted by atomic mass is 32.2. The van der Waals surface area contributed by atoms with Crippen molar-refractivity contribution >= 4 is 27.3 Å². The third-order valence-corrected chi connectivity index (χ3v) is 8.36. The Morgan fingerprint density at radius 3 is 2.26 bits per heavy atom. The summed E-state index contributed by atoms with van der Waals surface area (Å²) in [6.07, 6.45) is 0. The summed E-state index contributed by atoms with van der Waals surface area (Å²) in [5.74, 6) is -0.201. The van der Waals surface area contributed by atoms with Gasteiger partial charge in [0.15, 0.2) is 0 Å². The molecule has 7 nitrogen and oxygen atoms in total. The van der Waals surface area contributed by atoms with E-state index in [4.69, 9.17) is 9.47 Å². The number of hydrogen-bond donors (Lipinski definition) is 0. The molecule has 0 atom stereocenters. The zero-order valence-electron chi connectivity index (χ0n) is 19.9. The fraction of sp³-hybridized carbons (Fsp3) is 0.320. The summed E-state index contributed by atoms with van der Waals surface area (Å²) in [6.45, 7) is 2.29. The number of methoxy groups -OCH3 is 2. The molecule has 3 aromatic rings. The molecule has 10 heteroatoms. The third kappa shape index (κ3) is 7.11. The Morgan fingerprint density at radius 1 is 1.00 bits per heavy atom. The third-order valence-electron chi connectivity index (χ3n) is 5.50. The van der Waals surface area contributed by atoms with E-state index in [9.17, 15) is 17.6 Å². The fourth-order valence-electron chi connectivity index (χ4n) is 3.41. The van der Waals surface area contributed by atoms with E-state index in [0.717, 1.165) is 20.3 Å². The molecule has 0 saturated carbocycles. The Balaban J connectivity index is 1.87. The number of rotatable bonds is 12. The summed E-state index contributed by atoms with van der Waals surface area (Å²) in [5, 5.41) is 1.95. The van der Waals surface area contributed by atoms with E-state index in [1.165, 1.54) is 49.8 Å². The number of ether oxygens (including phenoxy) is 2. The number of carbonyl (C=O) groups excluding carboxylic acids is 1. The number of aryl methyl sites for hydroxylation is 1. The number of halogens is 1. The highest BCUT2D eigenvalue weighted by molar-refractivity contribution is 7.89. The highest BCUT2D eigenvalue weighted by Gasteiger charge is 2.29. The molecule has 0 unspecified atom stereocenters. The Bertz CT molecular complexity index is 1210. The van der Waals surface area contributed by atoms with Crippen LogP contribution in [-0.2, 0) is 32.6 Å². The molecular formula is C25H29FN2O5S2. The molecule has 0 fully saturated rings. The normalized spacial score (nSPS) is 11.6. The van der Waals surface area contributed by atoms with Crippen molar-refractivity contribution in [3.8, 4) is 5.75 Å². The number of benzene rings is 2. The van der Waals surface area contributed by atoms with Crippen molar-refractivity contribution in [1.29, 1.82) is 0 Å². The molecule has 1 amide bonds. The minimum Gasteiger partial charge on any atom is -0.497 e. The lowest BCUT2D eigenvalue weighted by atomic mass is 10.2. The van der Waals surface area contributed by atoms with Gasteiger partial charge in [-0.05, 0) is 65.9 Å². The van der Waals surface area contributed by atoms with Crippen LogP contribution in [0.3, 0.4) is 0 Å². The van der Waals surface area contributed by atoms with E-state index in [1.54, 1.807) is 29.2 Å². The Hall–Kier alpha value is -2.79. The first kappa shape index (κ1) is 26.8. The highest BCUT2D eigenvalue weighted by Crippen LogP contribution is 2.22. The van der Waals surface area contributed by atoms with Crippen molar-refractivity contribution in [3.63, 3.8) is 0 Å². The molecule has 0 saturated heterocycles. The van der Waals surface area contributed by atoms with Crippen molar-refractivity contribution in [3.05, 3.63) is 81.8 Å². The second kappa shape index (κ2) is 12.3. The molecule has 0 aliphatic heterocycles. The second-order valence-corrected chi connectivity index (χ2v) is 10.8. The quantitative estimate of drug-likeness (QED) is 0.360. The summed E-state index contributed by atoms with van der Waals surface area (Å²) in [7, 11) is -1.00. The van der Waals surface area contributed by atoms with E-state index in [2.05, 4.69) is 0 Å². The lowest BCUT2D eigenvalue weighted by molar-refractivity contribution is -0.132. The standard InChI is InChI=1S/C25H29FN2O5S2/c1-19-12-15-34-24(19)17-27(16-20-4-6-21(26)7-5-20)25(29)18-28(13-14-32-2)35(30,31)23-10-8-22(33-3)9-11-23/h4-12,15H,13-14,16-18H2,1-3H3. The molecular weight excluding hydrogens is 491 g/mol. The van der Waals surface area contributed by atoms with Crippen molar-refractivity contribution in [2.75, 3.05) is 33.9 Å². The summed E-state index contributed by atoms with van der Waals surface area (Å²) >= 11 is 1.53. The molecule has 2 aromatic carbocycles. The molecule has 35 heavy (non-hydrogen) atoms. The SMILES string of the molecule is COCCN(CC(=O)N(Cc1ccc(F)cc1)Cc1sccc1C)S(=O)(=O)c1ccc(OC)cc1. The van der Waals surface area contributed by atoms with Crippen LogP contribution in [0.4, 0.5) is 4.39 Å². The van der Waals surface area contributed by atoms with E-state index < -0.39 is 10.0 Å². The van der Waals surface area contributed by atoms with Crippen molar-refractivity contribution in [2.45, 2.75) is 24.9 Å². The molecule has 188 valence electrons. The topological polar surface area (TPSA) is 76.2 Å². The molecule has 1 heterocycles. The van der Waals surface area contributed by atoms with Crippen molar-refractivity contribution < 1.29 is 27.1 Å². The second-order valence-electron chi connectivity index (χ2n) is 7.91. The first-order valence-electron chi connectivity index (χ1n) is 10.9.